The molecule has 104 valence electrons. The molecule has 1 atom stereocenters. The van der Waals surface area contributed by atoms with Crippen molar-refractivity contribution in [1.82, 2.24) is 0 Å². The van der Waals surface area contributed by atoms with Gasteiger partial charge in [0.05, 0.1) is 0 Å². The molecule has 0 radical (unpaired) electrons. The normalized spacial score (nSPS) is 19.7. The molecule has 0 saturated heterocycles. The minimum absolute atomic E-state index is 0.239. The van der Waals surface area contributed by atoms with Crippen LogP contribution in [0, 0.1) is 5.41 Å². The average molecular weight is 258 g/mol. The molecule has 1 aromatic carbocycles. The molecular weight excluding hydrogens is 232 g/mol. The highest BCUT2D eigenvalue weighted by molar-refractivity contribution is 5.86. The maximum atomic E-state index is 12.3. The van der Waals surface area contributed by atoms with Crippen molar-refractivity contribution in [2.75, 3.05) is 0 Å². The Balaban J connectivity index is 2.34. The summed E-state index contributed by atoms with van der Waals surface area (Å²) in [6.45, 7) is 8.36. The van der Waals surface area contributed by atoms with Crippen molar-refractivity contribution in [3.8, 4) is 0 Å². The molecule has 0 heterocycles. The van der Waals surface area contributed by atoms with Gasteiger partial charge in [0.25, 0.3) is 0 Å². The Morgan fingerprint density at radius 1 is 1.26 bits per heavy atom. The lowest BCUT2D eigenvalue weighted by molar-refractivity contribution is -0.125. The van der Waals surface area contributed by atoms with Crippen LogP contribution in [0.4, 0.5) is 0 Å². The summed E-state index contributed by atoms with van der Waals surface area (Å²) < 4.78 is 0. The van der Waals surface area contributed by atoms with Crippen molar-refractivity contribution in [1.29, 1.82) is 0 Å². The number of aryl methyl sites for hydroxylation is 1. The molecule has 0 spiro atoms. The number of Topliss-reactive ketones (excluding diaryl/α,β-unsaturated/α-hetero) is 1. The van der Waals surface area contributed by atoms with Crippen LogP contribution in [0.2, 0.25) is 0 Å². The van der Waals surface area contributed by atoms with E-state index >= 15 is 0 Å². The van der Waals surface area contributed by atoms with Crippen molar-refractivity contribution >= 4 is 5.78 Å². The summed E-state index contributed by atoms with van der Waals surface area (Å²) in [5.74, 6) is 0.943. The molecule has 1 aliphatic carbocycles. The van der Waals surface area contributed by atoms with Crippen molar-refractivity contribution in [3.63, 3.8) is 0 Å². The van der Waals surface area contributed by atoms with Gasteiger partial charge in [0, 0.05) is 11.8 Å². The third-order valence-electron chi connectivity index (χ3n) is 4.30. The van der Waals surface area contributed by atoms with Gasteiger partial charge in [0.15, 0.2) is 0 Å². The van der Waals surface area contributed by atoms with Gasteiger partial charge in [-0.15, -0.1) is 0 Å². The molecule has 0 bridgehead atoms. The molecule has 1 aromatic rings. The number of fused-ring (bicyclic) bond motifs is 1. The average Bonchev–Trinajstić information content (AvgIpc) is 2.51. The van der Waals surface area contributed by atoms with Crippen molar-refractivity contribution < 1.29 is 4.79 Å². The number of carbonyl (C=O) groups excluding carboxylic acids is 1. The number of hydrogen-bond donors (Lipinski definition) is 0. The third-order valence-corrected chi connectivity index (χ3v) is 4.30. The van der Waals surface area contributed by atoms with Gasteiger partial charge in [0.1, 0.15) is 5.78 Å². The minimum atomic E-state index is -0.239. The summed E-state index contributed by atoms with van der Waals surface area (Å²) in [6.07, 6.45) is 5.62. The number of hydrogen-bond acceptors (Lipinski definition) is 1. The summed E-state index contributed by atoms with van der Waals surface area (Å²) >= 11 is 0. The molecule has 1 heteroatoms. The van der Waals surface area contributed by atoms with E-state index in [1.165, 1.54) is 42.4 Å². The molecule has 0 fully saturated rings. The molecule has 0 amide bonds. The monoisotopic (exact) mass is 258 g/mol. The van der Waals surface area contributed by atoms with Gasteiger partial charge in [-0.05, 0) is 41.9 Å². The highest BCUT2D eigenvalue weighted by atomic mass is 16.1. The molecule has 1 unspecified atom stereocenters. The zero-order valence-electron chi connectivity index (χ0n) is 12.8. The van der Waals surface area contributed by atoms with Crippen molar-refractivity contribution in [2.45, 2.75) is 65.7 Å². The molecule has 1 aliphatic rings. The first-order valence-corrected chi connectivity index (χ1v) is 7.53. The van der Waals surface area contributed by atoms with E-state index in [4.69, 9.17) is 0 Å². The fraction of sp³-hybridized carbons (Fsp3) is 0.611. The summed E-state index contributed by atoms with van der Waals surface area (Å²) in [5, 5.41) is 0. The Labute approximate surface area is 117 Å². The van der Waals surface area contributed by atoms with Gasteiger partial charge >= 0.3 is 0 Å². The summed E-state index contributed by atoms with van der Waals surface area (Å²) in [5.41, 5.74) is 3.98. The van der Waals surface area contributed by atoms with E-state index in [1.807, 2.05) is 20.8 Å². The van der Waals surface area contributed by atoms with Gasteiger partial charge in [-0.1, -0.05) is 52.3 Å². The Hall–Kier alpha value is -1.11. The molecule has 0 aromatic heterocycles. The van der Waals surface area contributed by atoms with E-state index in [2.05, 4.69) is 25.1 Å². The van der Waals surface area contributed by atoms with Crippen LogP contribution in [0.1, 0.15) is 69.6 Å². The Morgan fingerprint density at radius 3 is 2.68 bits per heavy atom. The molecule has 0 N–H and O–H groups in total. The van der Waals surface area contributed by atoms with Crippen LogP contribution in [-0.4, -0.2) is 5.78 Å². The second-order valence-electron chi connectivity index (χ2n) is 6.99. The zero-order valence-corrected chi connectivity index (χ0v) is 12.8. The second-order valence-corrected chi connectivity index (χ2v) is 6.99. The van der Waals surface area contributed by atoms with E-state index in [9.17, 15) is 4.79 Å². The smallest absolute Gasteiger partial charge is 0.142 e. The number of ketones is 1. The SMILES string of the molecule is CC1CCCCc2cccc(CC(=O)C(C)(C)C)c21. The van der Waals surface area contributed by atoms with Crippen molar-refractivity contribution in [3.05, 3.63) is 34.9 Å². The van der Waals surface area contributed by atoms with Gasteiger partial charge < -0.3 is 0 Å². The largest absolute Gasteiger partial charge is 0.299 e. The Bertz CT molecular complexity index is 465. The van der Waals surface area contributed by atoms with Gasteiger partial charge in [-0.25, -0.2) is 0 Å². The van der Waals surface area contributed by atoms with Crippen molar-refractivity contribution in [2.24, 2.45) is 5.41 Å². The second kappa shape index (κ2) is 5.48. The Kier molecular flexibility index (Phi) is 4.13. The highest BCUT2D eigenvalue weighted by Gasteiger charge is 2.24. The van der Waals surface area contributed by atoms with E-state index in [-0.39, 0.29) is 5.41 Å². The standard InChI is InChI=1S/C18H26O/c1-13-8-5-6-9-14-10-7-11-15(17(13)14)12-16(19)18(2,3)4/h7,10-11,13H,5-6,8-9,12H2,1-4H3. The van der Waals surface area contributed by atoms with Crippen LogP contribution in [0.25, 0.3) is 0 Å². The van der Waals surface area contributed by atoms with Crippen LogP contribution >= 0.6 is 0 Å². The third kappa shape index (κ3) is 3.26. The number of carbonyl (C=O) groups is 1. The first kappa shape index (κ1) is 14.3. The molecular formula is C18H26O. The topological polar surface area (TPSA) is 17.1 Å². The van der Waals surface area contributed by atoms with Crippen LogP contribution in [0.15, 0.2) is 18.2 Å². The summed E-state index contributed by atoms with van der Waals surface area (Å²) in [6, 6.07) is 6.54. The molecule has 19 heavy (non-hydrogen) atoms. The first-order chi connectivity index (χ1) is 8.89. The van der Waals surface area contributed by atoms with E-state index in [0.717, 1.165) is 0 Å². The van der Waals surface area contributed by atoms with Crippen LogP contribution in [-0.2, 0) is 17.6 Å². The van der Waals surface area contributed by atoms with Gasteiger partial charge in [-0.2, -0.15) is 0 Å². The predicted octanol–water partition coefficient (Wildman–Crippen LogP) is 4.67. The van der Waals surface area contributed by atoms with Crippen LogP contribution < -0.4 is 0 Å². The van der Waals surface area contributed by atoms with E-state index in [0.29, 0.717) is 18.1 Å². The van der Waals surface area contributed by atoms with E-state index < -0.39 is 0 Å². The molecule has 0 aliphatic heterocycles. The predicted molar refractivity (Wildman–Crippen MR) is 80.6 cm³/mol. The number of rotatable bonds is 2. The fourth-order valence-electron chi connectivity index (χ4n) is 3.02. The zero-order chi connectivity index (χ0) is 14.0. The maximum Gasteiger partial charge on any atom is 0.142 e. The Morgan fingerprint density at radius 2 is 2.00 bits per heavy atom. The number of benzene rings is 1. The van der Waals surface area contributed by atoms with Crippen LogP contribution in [0.3, 0.4) is 0 Å². The molecule has 2 rings (SSSR count). The molecule has 0 saturated carbocycles. The lowest BCUT2D eigenvalue weighted by Gasteiger charge is -2.21. The summed E-state index contributed by atoms with van der Waals surface area (Å²) in [4.78, 5) is 12.3. The first-order valence-electron chi connectivity index (χ1n) is 7.53. The van der Waals surface area contributed by atoms with Crippen LogP contribution in [0.5, 0.6) is 0 Å². The van der Waals surface area contributed by atoms with Gasteiger partial charge in [-0.3, -0.25) is 4.79 Å². The lowest BCUT2D eigenvalue weighted by atomic mass is 9.82. The minimum Gasteiger partial charge on any atom is -0.299 e. The maximum absolute atomic E-state index is 12.3. The quantitative estimate of drug-likeness (QED) is 0.704. The lowest BCUT2D eigenvalue weighted by Crippen LogP contribution is -2.23. The van der Waals surface area contributed by atoms with E-state index in [1.54, 1.807) is 0 Å². The summed E-state index contributed by atoms with van der Waals surface area (Å²) in [7, 11) is 0. The molecule has 1 nitrogen and oxygen atoms in total. The fourth-order valence-corrected chi connectivity index (χ4v) is 3.02. The highest BCUT2D eigenvalue weighted by Crippen LogP contribution is 2.33. The van der Waals surface area contributed by atoms with Gasteiger partial charge in [0.2, 0.25) is 0 Å².